The third kappa shape index (κ3) is 5.31. The van der Waals surface area contributed by atoms with Crippen LogP contribution >= 0.6 is 11.8 Å². The Morgan fingerprint density at radius 1 is 1.03 bits per heavy atom. The molecule has 7 nitrogen and oxygen atoms in total. The Bertz CT molecular complexity index is 949. The average Bonchev–Trinajstić information content (AvgIpc) is 3.27. The van der Waals surface area contributed by atoms with Gasteiger partial charge < -0.3 is 14.4 Å². The molecule has 2 heterocycles. The normalized spacial score (nSPS) is 18.8. The predicted molar refractivity (Wildman–Crippen MR) is 131 cm³/mol. The van der Waals surface area contributed by atoms with E-state index in [1.54, 1.807) is 26.0 Å². The Labute approximate surface area is 201 Å². The molecule has 2 fully saturated rings. The third-order valence-electron chi connectivity index (χ3n) is 6.97. The molecule has 1 aliphatic heterocycles. The molecule has 1 unspecified atom stereocenters. The molecule has 1 atom stereocenters. The fraction of sp³-hybridized carbons (Fsp3) is 0.640. The van der Waals surface area contributed by atoms with E-state index in [4.69, 9.17) is 9.47 Å². The van der Waals surface area contributed by atoms with E-state index < -0.39 is 0 Å². The largest absolute Gasteiger partial charge is 0.493 e. The van der Waals surface area contributed by atoms with Gasteiger partial charge in [0.1, 0.15) is 0 Å². The Hall–Kier alpha value is -2.22. The number of amides is 1. The standard InChI is InChI=1S/C25H36N4O3S/c1-17-12-14-28(15-13-17)24(30)18(2)33-25-27-26-23(29(25)20-8-6-5-7-9-20)19-10-11-21(31-3)22(16-19)32-4/h10-11,16-18,20H,5-9,12-15H2,1-4H3. The highest BCUT2D eigenvalue weighted by Crippen LogP contribution is 2.39. The van der Waals surface area contributed by atoms with Crippen molar-refractivity contribution in [2.75, 3.05) is 27.3 Å². The van der Waals surface area contributed by atoms with Crippen molar-refractivity contribution in [3.8, 4) is 22.9 Å². The van der Waals surface area contributed by atoms with Gasteiger partial charge >= 0.3 is 0 Å². The molecule has 1 aromatic carbocycles. The van der Waals surface area contributed by atoms with Crippen molar-refractivity contribution in [3.05, 3.63) is 18.2 Å². The molecule has 2 aliphatic rings. The van der Waals surface area contributed by atoms with Crippen LogP contribution < -0.4 is 9.47 Å². The number of hydrogen-bond donors (Lipinski definition) is 0. The van der Waals surface area contributed by atoms with Gasteiger partial charge in [-0.2, -0.15) is 0 Å². The number of thioether (sulfide) groups is 1. The van der Waals surface area contributed by atoms with Gasteiger partial charge in [0.15, 0.2) is 22.5 Å². The maximum absolute atomic E-state index is 13.1. The van der Waals surface area contributed by atoms with Crippen LogP contribution in [0.5, 0.6) is 11.5 Å². The number of methoxy groups -OCH3 is 2. The summed E-state index contributed by atoms with van der Waals surface area (Å²) in [6, 6.07) is 6.21. The number of likely N-dealkylation sites (tertiary alicyclic amines) is 1. The highest BCUT2D eigenvalue weighted by atomic mass is 32.2. The van der Waals surface area contributed by atoms with Gasteiger partial charge in [0.05, 0.1) is 19.5 Å². The van der Waals surface area contributed by atoms with E-state index in [1.807, 2.05) is 30.0 Å². The Balaban J connectivity index is 1.62. The molecule has 33 heavy (non-hydrogen) atoms. The van der Waals surface area contributed by atoms with Gasteiger partial charge in [0.2, 0.25) is 5.91 Å². The van der Waals surface area contributed by atoms with Gasteiger partial charge in [0.25, 0.3) is 0 Å². The summed E-state index contributed by atoms with van der Waals surface area (Å²) in [4.78, 5) is 15.2. The van der Waals surface area contributed by atoms with Crippen LogP contribution in [-0.2, 0) is 4.79 Å². The molecular weight excluding hydrogens is 436 g/mol. The second kappa shape index (κ2) is 10.8. The van der Waals surface area contributed by atoms with E-state index in [2.05, 4.69) is 21.7 Å². The molecule has 0 N–H and O–H groups in total. The highest BCUT2D eigenvalue weighted by molar-refractivity contribution is 8.00. The zero-order valence-corrected chi connectivity index (χ0v) is 21.1. The molecule has 4 rings (SSSR count). The SMILES string of the molecule is COc1ccc(-c2nnc(SC(C)C(=O)N3CCC(C)CC3)n2C2CCCCC2)cc1OC. The molecule has 0 spiro atoms. The number of hydrogen-bond acceptors (Lipinski definition) is 6. The van der Waals surface area contributed by atoms with Crippen LogP contribution in [0.4, 0.5) is 0 Å². The van der Waals surface area contributed by atoms with E-state index in [0.29, 0.717) is 23.5 Å². The number of carbonyl (C=O) groups is 1. The summed E-state index contributed by atoms with van der Waals surface area (Å²) < 4.78 is 13.2. The molecule has 0 radical (unpaired) electrons. The van der Waals surface area contributed by atoms with Gasteiger partial charge in [0, 0.05) is 24.7 Å². The average molecular weight is 473 g/mol. The second-order valence-corrected chi connectivity index (χ2v) is 10.6. The number of nitrogens with zero attached hydrogens (tertiary/aromatic N) is 4. The summed E-state index contributed by atoms with van der Waals surface area (Å²) in [5, 5.41) is 9.82. The number of carbonyl (C=O) groups excluding carboxylic acids is 1. The topological polar surface area (TPSA) is 69.5 Å². The molecule has 2 aromatic rings. The lowest BCUT2D eigenvalue weighted by Crippen LogP contribution is -2.41. The summed E-state index contributed by atoms with van der Waals surface area (Å²) in [5.74, 6) is 3.10. The maximum Gasteiger partial charge on any atom is 0.235 e. The number of ether oxygens (including phenoxy) is 2. The molecule has 180 valence electrons. The summed E-state index contributed by atoms with van der Waals surface area (Å²) in [6.45, 7) is 5.98. The van der Waals surface area contributed by atoms with Crippen LogP contribution in [0, 0.1) is 5.92 Å². The van der Waals surface area contributed by atoms with Crippen molar-refractivity contribution in [2.24, 2.45) is 5.92 Å². The van der Waals surface area contributed by atoms with E-state index in [9.17, 15) is 4.79 Å². The van der Waals surface area contributed by atoms with E-state index in [-0.39, 0.29) is 11.2 Å². The van der Waals surface area contributed by atoms with Crippen LogP contribution in [-0.4, -0.2) is 58.1 Å². The van der Waals surface area contributed by atoms with Crippen LogP contribution in [0.15, 0.2) is 23.4 Å². The van der Waals surface area contributed by atoms with E-state index in [0.717, 1.165) is 55.3 Å². The van der Waals surface area contributed by atoms with Crippen molar-refractivity contribution < 1.29 is 14.3 Å². The summed E-state index contributed by atoms with van der Waals surface area (Å²) in [5.41, 5.74) is 0.946. The van der Waals surface area contributed by atoms with Crippen molar-refractivity contribution >= 4 is 17.7 Å². The smallest absolute Gasteiger partial charge is 0.235 e. The lowest BCUT2D eigenvalue weighted by molar-refractivity contribution is -0.131. The molecule has 1 saturated heterocycles. The quantitative estimate of drug-likeness (QED) is 0.516. The highest BCUT2D eigenvalue weighted by Gasteiger charge is 2.29. The summed E-state index contributed by atoms with van der Waals surface area (Å²) in [7, 11) is 3.28. The van der Waals surface area contributed by atoms with E-state index in [1.165, 1.54) is 19.3 Å². The molecule has 1 aliphatic carbocycles. The molecule has 0 bridgehead atoms. The second-order valence-electron chi connectivity index (χ2n) is 9.31. The van der Waals surface area contributed by atoms with E-state index >= 15 is 0 Å². The van der Waals surface area contributed by atoms with Crippen molar-refractivity contribution in [3.63, 3.8) is 0 Å². The first-order valence-electron chi connectivity index (χ1n) is 12.1. The van der Waals surface area contributed by atoms with Crippen LogP contribution in [0.3, 0.4) is 0 Å². The molecule has 1 saturated carbocycles. The lowest BCUT2D eigenvalue weighted by Gasteiger charge is -2.32. The minimum atomic E-state index is -0.191. The van der Waals surface area contributed by atoms with Crippen LogP contribution in [0.1, 0.15) is 64.8 Å². The predicted octanol–water partition coefficient (Wildman–Crippen LogP) is 5.21. The first kappa shape index (κ1) is 23.9. The number of benzene rings is 1. The van der Waals surface area contributed by atoms with Gasteiger partial charge in [-0.05, 0) is 56.7 Å². The van der Waals surface area contributed by atoms with Crippen LogP contribution in [0.2, 0.25) is 0 Å². The monoisotopic (exact) mass is 472 g/mol. The Morgan fingerprint density at radius 2 is 1.73 bits per heavy atom. The number of rotatable bonds is 7. The van der Waals surface area contributed by atoms with Crippen molar-refractivity contribution in [1.82, 2.24) is 19.7 Å². The molecule has 1 aromatic heterocycles. The summed E-state index contributed by atoms with van der Waals surface area (Å²) >= 11 is 1.54. The fourth-order valence-electron chi connectivity index (χ4n) is 4.89. The maximum atomic E-state index is 13.1. The zero-order chi connectivity index (χ0) is 23.4. The molecular formula is C25H36N4O3S. The number of piperidine rings is 1. The van der Waals surface area contributed by atoms with Crippen molar-refractivity contribution in [1.29, 1.82) is 0 Å². The fourth-order valence-corrected chi connectivity index (χ4v) is 5.90. The lowest BCUT2D eigenvalue weighted by atomic mass is 9.95. The number of aromatic nitrogens is 3. The van der Waals surface area contributed by atoms with Gasteiger partial charge in [-0.1, -0.05) is 37.9 Å². The van der Waals surface area contributed by atoms with Gasteiger partial charge in [-0.25, -0.2) is 0 Å². The molecule has 8 heteroatoms. The zero-order valence-electron chi connectivity index (χ0n) is 20.2. The first-order valence-corrected chi connectivity index (χ1v) is 13.0. The third-order valence-corrected chi connectivity index (χ3v) is 8.02. The molecule has 1 amide bonds. The van der Waals surface area contributed by atoms with Crippen LogP contribution in [0.25, 0.3) is 11.4 Å². The first-order chi connectivity index (χ1) is 16.0. The minimum absolute atomic E-state index is 0.191. The summed E-state index contributed by atoms with van der Waals surface area (Å²) in [6.07, 6.45) is 8.08. The Kier molecular flexibility index (Phi) is 7.83. The van der Waals surface area contributed by atoms with Gasteiger partial charge in [-0.3, -0.25) is 9.36 Å². The van der Waals surface area contributed by atoms with Gasteiger partial charge in [-0.15, -0.1) is 10.2 Å². The van der Waals surface area contributed by atoms with Crippen molar-refractivity contribution in [2.45, 2.75) is 75.2 Å². The minimum Gasteiger partial charge on any atom is -0.493 e. The Morgan fingerprint density at radius 3 is 2.39 bits per heavy atom.